The van der Waals surface area contributed by atoms with Crippen molar-refractivity contribution in [1.29, 1.82) is 0 Å². The molecule has 84 valence electrons. The molecule has 0 saturated heterocycles. The molecule has 2 nitrogen and oxygen atoms in total. The predicted octanol–water partition coefficient (Wildman–Crippen LogP) is 2.95. The molecule has 0 aliphatic heterocycles. The van der Waals surface area contributed by atoms with E-state index >= 15 is 0 Å². The van der Waals surface area contributed by atoms with Gasteiger partial charge < -0.3 is 5.73 Å². The minimum absolute atomic E-state index is 0.259. The second-order valence-electron chi connectivity index (χ2n) is 4.70. The summed E-state index contributed by atoms with van der Waals surface area (Å²) in [5, 5.41) is 0. The first kappa shape index (κ1) is 12.2. The van der Waals surface area contributed by atoms with Crippen molar-refractivity contribution in [3.63, 3.8) is 0 Å². The van der Waals surface area contributed by atoms with Crippen LogP contribution in [0.2, 0.25) is 0 Å². The summed E-state index contributed by atoms with van der Waals surface area (Å²) in [6.45, 7) is 6.67. The predicted molar refractivity (Wildman–Crippen MR) is 64.7 cm³/mol. The summed E-state index contributed by atoms with van der Waals surface area (Å²) in [6, 6.07) is 4.37. The maximum atomic E-state index is 6.18. The Morgan fingerprint density at radius 2 is 1.73 bits per heavy atom. The molecular weight excluding hydrogens is 184 g/mol. The van der Waals surface area contributed by atoms with Gasteiger partial charge in [-0.2, -0.15) is 0 Å². The van der Waals surface area contributed by atoms with E-state index in [-0.39, 0.29) is 6.04 Å². The van der Waals surface area contributed by atoms with Crippen molar-refractivity contribution < 1.29 is 0 Å². The van der Waals surface area contributed by atoms with Crippen molar-refractivity contribution in [3.8, 4) is 0 Å². The molecule has 1 aromatic rings. The van der Waals surface area contributed by atoms with E-state index in [1.807, 2.05) is 12.4 Å². The molecule has 0 fully saturated rings. The molecule has 2 atom stereocenters. The highest BCUT2D eigenvalue weighted by Gasteiger charge is 2.14. The standard InChI is InChI=1S/C13H22N2/c1-10(2)4-5-13(14)11(3)12-6-8-15-9-7-12/h6-11,13H,4-5,14H2,1-3H3. The van der Waals surface area contributed by atoms with E-state index in [1.165, 1.54) is 12.0 Å². The minimum Gasteiger partial charge on any atom is -0.327 e. The Labute approximate surface area is 92.9 Å². The van der Waals surface area contributed by atoms with Gasteiger partial charge in [-0.15, -0.1) is 0 Å². The summed E-state index contributed by atoms with van der Waals surface area (Å²) in [5.41, 5.74) is 7.47. The molecule has 0 bridgehead atoms. The molecule has 15 heavy (non-hydrogen) atoms. The average Bonchev–Trinajstić information content (AvgIpc) is 2.26. The van der Waals surface area contributed by atoms with Gasteiger partial charge in [0.25, 0.3) is 0 Å². The maximum Gasteiger partial charge on any atom is 0.0270 e. The summed E-state index contributed by atoms with van der Waals surface area (Å²) in [4.78, 5) is 4.02. The summed E-state index contributed by atoms with van der Waals surface area (Å²) in [7, 11) is 0. The highest BCUT2D eigenvalue weighted by molar-refractivity contribution is 5.16. The van der Waals surface area contributed by atoms with E-state index in [0.29, 0.717) is 5.92 Å². The van der Waals surface area contributed by atoms with Crippen LogP contribution in [0.1, 0.15) is 45.1 Å². The lowest BCUT2D eigenvalue weighted by atomic mass is 9.90. The summed E-state index contributed by atoms with van der Waals surface area (Å²) in [6.07, 6.45) is 5.97. The molecule has 0 radical (unpaired) electrons. The normalized spacial score (nSPS) is 15.3. The molecule has 2 unspecified atom stereocenters. The summed E-state index contributed by atoms with van der Waals surface area (Å²) >= 11 is 0. The number of hydrogen-bond acceptors (Lipinski definition) is 2. The molecule has 2 N–H and O–H groups in total. The fraction of sp³-hybridized carbons (Fsp3) is 0.615. The van der Waals surface area contributed by atoms with Crippen molar-refractivity contribution in [2.24, 2.45) is 11.7 Å². The topological polar surface area (TPSA) is 38.9 Å². The molecule has 0 spiro atoms. The van der Waals surface area contributed by atoms with Gasteiger partial charge in [0.2, 0.25) is 0 Å². The zero-order chi connectivity index (χ0) is 11.3. The maximum absolute atomic E-state index is 6.18. The largest absolute Gasteiger partial charge is 0.327 e. The molecule has 0 saturated carbocycles. The molecule has 0 aromatic carbocycles. The van der Waals surface area contributed by atoms with E-state index in [0.717, 1.165) is 12.3 Å². The Bertz CT molecular complexity index is 269. The fourth-order valence-electron chi connectivity index (χ4n) is 1.69. The molecule has 1 heterocycles. The number of nitrogens with zero attached hydrogens (tertiary/aromatic N) is 1. The molecule has 0 aliphatic carbocycles. The van der Waals surface area contributed by atoms with Gasteiger partial charge in [-0.25, -0.2) is 0 Å². The van der Waals surface area contributed by atoms with E-state index in [2.05, 4.69) is 37.9 Å². The molecule has 1 rings (SSSR count). The number of nitrogens with two attached hydrogens (primary N) is 1. The fourth-order valence-corrected chi connectivity index (χ4v) is 1.69. The lowest BCUT2D eigenvalue weighted by Gasteiger charge is -2.20. The molecule has 1 aromatic heterocycles. The van der Waals surface area contributed by atoms with Crippen LogP contribution in [0, 0.1) is 5.92 Å². The zero-order valence-corrected chi connectivity index (χ0v) is 9.98. The Morgan fingerprint density at radius 3 is 2.27 bits per heavy atom. The third kappa shape index (κ3) is 4.00. The molecular formula is C13H22N2. The van der Waals surface area contributed by atoms with Gasteiger partial charge in [-0.3, -0.25) is 4.98 Å². The van der Waals surface area contributed by atoms with Crippen LogP contribution in [0.5, 0.6) is 0 Å². The van der Waals surface area contributed by atoms with Crippen LogP contribution in [-0.4, -0.2) is 11.0 Å². The van der Waals surface area contributed by atoms with Gasteiger partial charge in [0.15, 0.2) is 0 Å². The smallest absolute Gasteiger partial charge is 0.0270 e. The SMILES string of the molecule is CC(C)CCC(N)C(C)c1ccncc1. The lowest BCUT2D eigenvalue weighted by Crippen LogP contribution is -2.27. The number of hydrogen-bond donors (Lipinski definition) is 1. The molecule has 2 heteroatoms. The number of pyridine rings is 1. The van der Waals surface area contributed by atoms with E-state index in [9.17, 15) is 0 Å². The highest BCUT2D eigenvalue weighted by Crippen LogP contribution is 2.21. The van der Waals surface area contributed by atoms with Crippen molar-refractivity contribution in [3.05, 3.63) is 30.1 Å². The van der Waals surface area contributed by atoms with E-state index < -0.39 is 0 Å². The van der Waals surface area contributed by atoms with Gasteiger partial charge >= 0.3 is 0 Å². The quantitative estimate of drug-likeness (QED) is 0.804. The number of aromatic nitrogens is 1. The number of rotatable bonds is 5. The first-order valence-corrected chi connectivity index (χ1v) is 5.76. The second kappa shape index (κ2) is 5.86. The monoisotopic (exact) mass is 206 g/mol. The van der Waals surface area contributed by atoms with Gasteiger partial charge in [0, 0.05) is 18.4 Å². The van der Waals surface area contributed by atoms with Gasteiger partial charge in [0.1, 0.15) is 0 Å². The van der Waals surface area contributed by atoms with Crippen LogP contribution >= 0.6 is 0 Å². The first-order chi connectivity index (χ1) is 7.11. The Balaban J connectivity index is 2.49. The zero-order valence-electron chi connectivity index (χ0n) is 9.98. The Kier molecular flexibility index (Phi) is 4.76. The molecule has 0 aliphatic rings. The van der Waals surface area contributed by atoms with Crippen LogP contribution in [-0.2, 0) is 0 Å². The van der Waals surface area contributed by atoms with Crippen molar-refractivity contribution in [2.45, 2.75) is 45.6 Å². The van der Waals surface area contributed by atoms with E-state index in [4.69, 9.17) is 5.73 Å². The van der Waals surface area contributed by atoms with Crippen LogP contribution in [0.25, 0.3) is 0 Å². The Morgan fingerprint density at radius 1 is 1.13 bits per heavy atom. The minimum atomic E-state index is 0.259. The van der Waals surface area contributed by atoms with Crippen LogP contribution in [0.4, 0.5) is 0 Å². The third-order valence-electron chi connectivity index (χ3n) is 2.95. The van der Waals surface area contributed by atoms with E-state index in [1.54, 1.807) is 0 Å². The first-order valence-electron chi connectivity index (χ1n) is 5.76. The summed E-state index contributed by atoms with van der Waals surface area (Å²) < 4.78 is 0. The summed E-state index contributed by atoms with van der Waals surface area (Å²) in [5.74, 6) is 1.16. The second-order valence-corrected chi connectivity index (χ2v) is 4.70. The van der Waals surface area contributed by atoms with Crippen LogP contribution in [0.3, 0.4) is 0 Å². The third-order valence-corrected chi connectivity index (χ3v) is 2.95. The molecule has 0 amide bonds. The van der Waals surface area contributed by atoms with Gasteiger partial charge in [-0.1, -0.05) is 20.8 Å². The van der Waals surface area contributed by atoms with Crippen molar-refractivity contribution in [2.75, 3.05) is 0 Å². The van der Waals surface area contributed by atoms with Crippen LogP contribution < -0.4 is 5.73 Å². The lowest BCUT2D eigenvalue weighted by molar-refractivity contribution is 0.457. The average molecular weight is 206 g/mol. The van der Waals surface area contributed by atoms with Gasteiger partial charge in [-0.05, 0) is 42.4 Å². The van der Waals surface area contributed by atoms with Gasteiger partial charge in [0.05, 0.1) is 0 Å². The highest BCUT2D eigenvalue weighted by atomic mass is 14.7. The van der Waals surface area contributed by atoms with Crippen molar-refractivity contribution in [1.82, 2.24) is 4.98 Å². The van der Waals surface area contributed by atoms with Crippen molar-refractivity contribution >= 4 is 0 Å². The van der Waals surface area contributed by atoms with Crippen LogP contribution in [0.15, 0.2) is 24.5 Å². The Hall–Kier alpha value is -0.890.